The number of methoxy groups -OCH3 is 1. The molecule has 0 aliphatic carbocycles. The first-order valence-electron chi connectivity index (χ1n) is 6.93. The third-order valence-corrected chi connectivity index (χ3v) is 4.35. The van der Waals surface area contributed by atoms with Crippen molar-refractivity contribution in [3.8, 4) is 0 Å². The Balaban J connectivity index is 2.59. The van der Waals surface area contributed by atoms with Gasteiger partial charge in [0.15, 0.2) is 0 Å². The molecule has 1 rings (SSSR count). The fourth-order valence-electron chi connectivity index (χ4n) is 2.30. The number of nitrogens with zero attached hydrogens (tertiary/aromatic N) is 1. The summed E-state index contributed by atoms with van der Waals surface area (Å²) in [4.78, 5) is 2.37. The summed E-state index contributed by atoms with van der Waals surface area (Å²) in [5.41, 5.74) is 7.27. The minimum Gasteiger partial charge on any atom is -0.383 e. The van der Waals surface area contributed by atoms with E-state index in [-0.39, 0.29) is 6.04 Å². The molecule has 5 heteroatoms. The van der Waals surface area contributed by atoms with Gasteiger partial charge in [0.1, 0.15) is 0 Å². The fourth-order valence-corrected chi connectivity index (χ4v) is 3.11. The lowest BCUT2D eigenvalue weighted by Crippen LogP contribution is -2.37. The van der Waals surface area contributed by atoms with E-state index in [4.69, 9.17) is 22.1 Å². The zero-order valence-corrected chi connectivity index (χ0v) is 14.7. The SMILES string of the molecule is CCN(CCC(N)c1ccc(Br)cc1Cl)C(C)COC. The van der Waals surface area contributed by atoms with Crippen LogP contribution in [-0.2, 0) is 4.74 Å². The molecule has 0 amide bonds. The Bertz CT molecular complexity index is 417. The van der Waals surface area contributed by atoms with Crippen LogP contribution in [0.5, 0.6) is 0 Å². The van der Waals surface area contributed by atoms with Crippen LogP contribution in [0, 0.1) is 0 Å². The van der Waals surface area contributed by atoms with Gasteiger partial charge in [0.2, 0.25) is 0 Å². The Hall–Kier alpha value is -0.130. The van der Waals surface area contributed by atoms with E-state index >= 15 is 0 Å². The molecule has 0 aliphatic rings. The maximum absolute atomic E-state index is 6.27. The van der Waals surface area contributed by atoms with Crippen LogP contribution >= 0.6 is 27.5 Å². The number of likely N-dealkylation sites (N-methyl/N-ethyl adjacent to an activating group) is 1. The molecule has 0 radical (unpaired) electrons. The van der Waals surface area contributed by atoms with Crippen molar-refractivity contribution >= 4 is 27.5 Å². The Morgan fingerprint density at radius 3 is 2.70 bits per heavy atom. The average molecular weight is 364 g/mol. The molecule has 0 aromatic heterocycles. The lowest BCUT2D eigenvalue weighted by atomic mass is 10.0. The van der Waals surface area contributed by atoms with Gasteiger partial charge in [0.25, 0.3) is 0 Å². The number of nitrogens with two attached hydrogens (primary N) is 1. The normalized spacial score (nSPS) is 14.6. The predicted octanol–water partition coefficient (Wildman–Crippen LogP) is 3.85. The van der Waals surface area contributed by atoms with Crippen molar-refractivity contribution in [2.24, 2.45) is 5.73 Å². The Morgan fingerprint density at radius 1 is 1.45 bits per heavy atom. The minimum absolute atomic E-state index is 0.0422. The first-order valence-corrected chi connectivity index (χ1v) is 8.10. The molecule has 2 N–H and O–H groups in total. The van der Waals surface area contributed by atoms with Crippen LogP contribution in [0.3, 0.4) is 0 Å². The van der Waals surface area contributed by atoms with Crippen LogP contribution in [0.15, 0.2) is 22.7 Å². The molecule has 2 unspecified atom stereocenters. The van der Waals surface area contributed by atoms with Crippen LogP contribution in [-0.4, -0.2) is 37.7 Å². The molecule has 0 saturated heterocycles. The summed E-state index contributed by atoms with van der Waals surface area (Å²) in [7, 11) is 1.73. The minimum atomic E-state index is -0.0422. The average Bonchev–Trinajstić information content (AvgIpc) is 2.39. The van der Waals surface area contributed by atoms with E-state index in [0.717, 1.165) is 41.2 Å². The van der Waals surface area contributed by atoms with Gasteiger partial charge in [-0.2, -0.15) is 0 Å². The topological polar surface area (TPSA) is 38.5 Å². The third kappa shape index (κ3) is 5.34. The zero-order valence-electron chi connectivity index (χ0n) is 12.4. The number of hydrogen-bond donors (Lipinski definition) is 1. The van der Waals surface area contributed by atoms with Gasteiger partial charge in [-0.1, -0.05) is 40.5 Å². The molecule has 0 fully saturated rings. The van der Waals surface area contributed by atoms with Gasteiger partial charge in [-0.3, -0.25) is 4.90 Å². The Labute approximate surface area is 135 Å². The van der Waals surface area contributed by atoms with Crippen molar-refractivity contribution in [2.45, 2.75) is 32.4 Å². The molecule has 2 atom stereocenters. The van der Waals surface area contributed by atoms with Crippen molar-refractivity contribution in [3.05, 3.63) is 33.3 Å². The maximum Gasteiger partial charge on any atom is 0.0615 e. The summed E-state index contributed by atoms with van der Waals surface area (Å²) < 4.78 is 6.19. The summed E-state index contributed by atoms with van der Waals surface area (Å²) in [6, 6.07) is 6.22. The fraction of sp³-hybridized carbons (Fsp3) is 0.600. The molecule has 0 spiro atoms. The largest absolute Gasteiger partial charge is 0.383 e. The summed E-state index contributed by atoms with van der Waals surface area (Å²) >= 11 is 9.65. The number of ether oxygens (including phenoxy) is 1. The lowest BCUT2D eigenvalue weighted by molar-refractivity contribution is 0.101. The van der Waals surface area contributed by atoms with E-state index in [9.17, 15) is 0 Å². The van der Waals surface area contributed by atoms with Crippen molar-refractivity contribution in [2.75, 3.05) is 26.8 Å². The van der Waals surface area contributed by atoms with Crippen LogP contribution < -0.4 is 5.73 Å². The van der Waals surface area contributed by atoms with E-state index in [1.807, 2.05) is 18.2 Å². The highest BCUT2D eigenvalue weighted by molar-refractivity contribution is 9.10. The third-order valence-electron chi connectivity index (χ3n) is 3.53. The number of rotatable bonds is 8. The van der Waals surface area contributed by atoms with Crippen LogP contribution in [0.2, 0.25) is 5.02 Å². The number of hydrogen-bond acceptors (Lipinski definition) is 3. The molecule has 1 aromatic carbocycles. The van der Waals surface area contributed by atoms with Crippen molar-refractivity contribution in [1.29, 1.82) is 0 Å². The first-order chi connectivity index (χ1) is 9.49. The first kappa shape index (κ1) is 17.9. The van der Waals surface area contributed by atoms with Crippen LogP contribution in [0.25, 0.3) is 0 Å². The standard InChI is InChI=1S/C15H24BrClN2O/c1-4-19(11(2)10-20-3)8-7-15(18)13-6-5-12(16)9-14(13)17/h5-6,9,11,15H,4,7-8,10,18H2,1-3H3. The van der Waals surface area contributed by atoms with E-state index < -0.39 is 0 Å². The molecular weight excluding hydrogens is 340 g/mol. The summed E-state index contributed by atoms with van der Waals surface area (Å²) in [5.74, 6) is 0. The predicted molar refractivity (Wildman–Crippen MR) is 89.3 cm³/mol. The summed E-state index contributed by atoms with van der Waals surface area (Å²) in [6.07, 6.45) is 0.878. The molecule has 0 aliphatic heterocycles. The highest BCUT2D eigenvalue weighted by atomic mass is 79.9. The lowest BCUT2D eigenvalue weighted by Gasteiger charge is -2.28. The highest BCUT2D eigenvalue weighted by Crippen LogP contribution is 2.27. The van der Waals surface area contributed by atoms with Crippen molar-refractivity contribution in [3.63, 3.8) is 0 Å². The van der Waals surface area contributed by atoms with Gasteiger partial charge in [-0.05, 0) is 37.6 Å². The van der Waals surface area contributed by atoms with Crippen LogP contribution in [0.4, 0.5) is 0 Å². The van der Waals surface area contributed by atoms with Gasteiger partial charge >= 0.3 is 0 Å². The number of halogens is 2. The smallest absolute Gasteiger partial charge is 0.0615 e. The highest BCUT2D eigenvalue weighted by Gasteiger charge is 2.15. The summed E-state index contributed by atoms with van der Waals surface area (Å²) in [6.45, 7) is 7.00. The maximum atomic E-state index is 6.27. The quantitative estimate of drug-likeness (QED) is 0.762. The second-order valence-electron chi connectivity index (χ2n) is 4.99. The Kier molecular flexibility index (Phi) is 8.07. The van der Waals surface area contributed by atoms with Crippen LogP contribution in [0.1, 0.15) is 31.9 Å². The van der Waals surface area contributed by atoms with Gasteiger partial charge in [0, 0.05) is 35.2 Å². The monoisotopic (exact) mass is 362 g/mol. The Morgan fingerprint density at radius 2 is 2.15 bits per heavy atom. The molecule has 3 nitrogen and oxygen atoms in total. The molecule has 114 valence electrons. The van der Waals surface area contributed by atoms with Gasteiger partial charge < -0.3 is 10.5 Å². The van der Waals surface area contributed by atoms with Crippen molar-refractivity contribution < 1.29 is 4.74 Å². The van der Waals surface area contributed by atoms with E-state index in [0.29, 0.717) is 6.04 Å². The number of benzene rings is 1. The second-order valence-corrected chi connectivity index (χ2v) is 6.32. The molecule has 20 heavy (non-hydrogen) atoms. The van der Waals surface area contributed by atoms with Gasteiger partial charge in [-0.25, -0.2) is 0 Å². The molecular formula is C15H24BrClN2O. The molecule has 1 aromatic rings. The van der Waals surface area contributed by atoms with Gasteiger partial charge in [0.05, 0.1) is 6.61 Å². The van der Waals surface area contributed by atoms with Crippen molar-refractivity contribution in [1.82, 2.24) is 4.90 Å². The molecule has 0 heterocycles. The molecule has 0 saturated carbocycles. The van der Waals surface area contributed by atoms with Gasteiger partial charge in [-0.15, -0.1) is 0 Å². The van der Waals surface area contributed by atoms with E-state index in [2.05, 4.69) is 34.7 Å². The second kappa shape index (κ2) is 9.00. The van der Waals surface area contributed by atoms with E-state index in [1.54, 1.807) is 7.11 Å². The zero-order chi connectivity index (χ0) is 15.1. The summed E-state index contributed by atoms with van der Waals surface area (Å²) in [5, 5.41) is 0.722. The molecule has 0 bridgehead atoms. The van der Waals surface area contributed by atoms with E-state index in [1.165, 1.54) is 0 Å².